The van der Waals surface area contributed by atoms with E-state index in [1.807, 2.05) is 49.4 Å². The highest BCUT2D eigenvalue weighted by atomic mass is 16.6. The van der Waals surface area contributed by atoms with Crippen LogP contribution in [-0.2, 0) is 22.5 Å². The SMILES string of the molecule is C[C@H](OCc1ccccc1)[C@@H](CCc1cccc2ccccc12)OC(=O)c1cnc[nH]1. The maximum Gasteiger partial charge on any atom is 0.356 e. The van der Waals surface area contributed by atoms with Crippen molar-refractivity contribution in [3.8, 4) is 0 Å². The lowest BCUT2D eigenvalue weighted by atomic mass is 9.98. The largest absolute Gasteiger partial charge is 0.455 e. The molecule has 0 radical (unpaired) electrons. The maximum absolute atomic E-state index is 12.6. The summed E-state index contributed by atoms with van der Waals surface area (Å²) in [5, 5.41) is 2.43. The van der Waals surface area contributed by atoms with Gasteiger partial charge in [-0.1, -0.05) is 72.8 Å². The first-order valence-corrected chi connectivity index (χ1v) is 10.5. The topological polar surface area (TPSA) is 64.2 Å². The van der Waals surface area contributed by atoms with Gasteiger partial charge in [-0.2, -0.15) is 0 Å². The molecule has 158 valence electrons. The Hall–Kier alpha value is -3.44. The van der Waals surface area contributed by atoms with E-state index in [1.165, 1.54) is 28.9 Å². The second-order valence-corrected chi connectivity index (χ2v) is 7.59. The fourth-order valence-electron chi connectivity index (χ4n) is 3.68. The van der Waals surface area contributed by atoms with E-state index in [1.54, 1.807) is 0 Å². The molecule has 0 aliphatic carbocycles. The first kappa shape index (κ1) is 20.8. The van der Waals surface area contributed by atoms with E-state index in [4.69, 9.17) is 9.47 Å². The molecule has 0 fully saturated rings. The second-order valence-electron chi connectivity index (χ2n) is 7.59. The van der Waals surface area contributed by atoms with Crippen LogP contribution >= 0.6 is 0 Å². The van der Waals surface area contributed by atoms with Gasteiger partial charge in [-0.15, -0.1) is 0 Å². The minimum atomic E-state index is -0.421. The van der Waals surface area contributed by atoms with E-state index >= 15 is 0 Å². The van der Waals surface area contributed by atoms with Crippen LogP contribution in [-0.4, -0.2) is 28.1 Å². The molecule has 0 unspecified atom stereocenters. The number of imidazole rings is 1. The summed E-state index contributed by atoms with van der Waals surface area (Å²) in [6.45, 7) is 2.42. The van der Waals surface area contributed by atoms with Crippen LogP contribution in [0.4, 0.5) is 0 Å². The summed E-state index contributed by atoms with van der Waals surface area (Å²) in [4.78, 5) is 19.3. The van der Waals surface area contributed by atoms with E-state index < -0.39 is 12.1 Å². The van der Waals surface area contributed by atoms with Crippen molar-refractivity contribution in [3.63, 3.8) is 0 Å². The van der Waals surface area contributed by atoms with Gasteiger partial charge in [0.15, 0.2) is 0 Å². The normalized spacial score (nSPS) is 13.1. The number of fused-ring (bicyclic) bond motifs is 1. The Balaban J connectivity index is 1.47. The molecule has 1 aromatic heterocycles. The third-order valence-corrected chi connectivity index (χ3v) is 5.43. The number of aromatic nitrogens is 2. The van der Waals surface area contributed by atoms with Gasteiger partial charge in [-0.05, 0) is 41.7 Å². The lowest BCUT2D eigenvalue weighted by Crippen LogP contribution is -2.32. The van der Waals surface area contributed by atoms with Gasteiger partial charge in [0.25, 0.3) is 0 Å². The number of esters is 1. The van der Waals surface area contributed by atoms with Crippen molar-refractivity contribution in [2.75, 3.05) is 0 Å². The van der Waals surface area contributed by atoms with E-state index in [0.717, 1.165) is 12.0 Å². The smallest absolute Gasteiger partial charge is 0.356 e. The molecule has 1 heterocycles. The Labute approximate surface area is 182 Å². The third kappa shape index (κ3) is 5.38. The number of rotatable bonds is 9. The summed E-state index contributed by atoms with van der Waals surface area (Å²) in [6.07, 6.45) is 3.72. The standard InChI is InChI=1S/C26H26N2O3/c1-19(30-17-20-8-3-2-4-9-20)25(31-26(29)24-16-27-18-28-24)15-14-22-12-7-11-21-10-5-6-13-23(21)22/h2-13,16,18-19,25H,14-15,17H2,1H3,(H,27,28)/t19-,25+/m0/s1. The van der Waals surface area contributed by atoms with Crippen molar-refractivity contribution in [3.05, 3.63) is 102 Å². The molecule has 0 spiro atoms. The number of carbonyl (C=O) groups excluding carboxylic acids is 1. The number of nitrogens with one attached hydrogen (secondary N) is 1. The lowest BCUT2D eigenvalue weighted by Gasteiger charge is -2.24. The fraction of sp³-hybridized carbons (Fsp3) is 0.231. The minimum absolute atomic E-state index is 0.262. The van der Waals surface area contributed by atoms with E-state index in [2.05, 4.69) is 40.3 Å². The third-order valence-electron chi connectivity index (χ3n) is 5.43. The molecule has 0 aliphatic rings. The molecular weight excluding hydrogens is 388 g/mol. The number of hydrogen-bond donors (Lipinski definition) is 1. The molecule has 0 bridgehead atoms. The molecule has 0 saturated heterocycles. The summed E-state index contributed by atoms with van der Waals surface area (Å²) >= 11 is 0. The predicted molar refractivity (Wildman–Crippen MR) is 121 cm³/mol. The van der Waals surface area contributed by atoms with Gasteiger partial charge < -0.3 is 14.5 Å². The molecular formula is C26H26N2O3. The van der Waals surface area contributed by atoms with Gasteiger partial charge >= 0.3 is 5.97 Å². The van der Waals surface area contributed by atoms with E-state index in [-0.39, 0.29) is 6.10 Å². The Bertz CT molecular complexity index is 1100. The van der Waals surface area contributed by atoms with Gasteiger partial charge in [0.05, 0.1) is 25.2 Å². The Morgan fingerprint density at radius 1 is 1.00 bits per heavy atom. The highest BCUT2D eigenvalue weighted by Gasteiger charge is 2.24. The van der Waals surface area contributed by atoms with Gasteiger partial charge in [0.1, 0.15) is 11.8 Å². The van der Waals surface area contributed by atoms with Crippen molar-refractivity contribution >= 4 is 16.7 Å². The highest BCUT2D eigenvalue weighted by molar-refractivity contribution is 5.87. The molecule has 0 saturated carbocycles. The summed E-state index contributed by atoms with van der Waals surface area (Å²) in [7, 11) is 0. The van der Waals surface area contributed by atoms with Crippen molar-refractivity contribution in [2.45, 2.75) is 38.6 Å². The maximum atomic E-state index is 12.6. The molecule has 0 aliphatic heterocycles. The zero-order chi connectivity index (χ0) is 21.5. The van der Waals surface area contributed by atoms with E-state index in [9.17, 15) is 4.79 Å². The van der Waals surface area contributed by atoms with E-state index in [0.29, 0.717) is 18.7 Å². The average molecular weight is 415 g/mol. The molecule has 4 aromatic rings. The minimum Gasteiger partial charge on any atom is -0.455 e. The Kier molecular flexibility index (Phi) is 6.75. The van der Waals surface area contributed by atoms with Crippen LogP contribution in [0.2, 0.25) is 0 Å². The van der Waals surface area contributed by atoms with Crippen LogP contribution in [0.1, 0.15) is 35.0 Å². The molecule has 1 N–H and O–H groups in total. The van der Waals surface area contributed by atoms with Gasteiger partial charge in [-0.25, -0.2) is 9.78 Å². The molecule has 2 atom stereocenters. The number of H-pyrrole nitrogens is 1. The first-order valence-electron chi connectivity index (χ1n) is 10.5. The van der Waals surface area contributed by atoms with Crippen molar-refractivity contribution < 1.29 is 14.3 Å². The molecule has 5 heteroatoms. The number of hydrogen-bond acceptors (Lipinski definition) is 4. The molecule has 31 heavy (non-hydrogen) atoms. The van der Waals surface area contributed by atoms with Gasteiger partial charge in [0.2, 0.25) is 0 Å². The zero-order valence-corrected chi connectivity index (χ0v) is 17.5. The van der Waals surface area contributed by atoms with Crippen molar-refractivity contribution in [1.82, 2.24) is 9.97 Å². The number of benzene rings is 3. The van der Waals surface area contributed by atoms with Crippen molar-refractivity contribution in [2.24, 2.45) is 0 Å². The fourth-order valence-corrected chi connectivity index (χ4v) is 3.68. The molecule has 3 aromatic carbocycles. The van der Waals surface area contributed by atoms with Crippen LogP contribution in [0.5, 0.6) is 0 Å². The van der Waals surface area contributed by atoms with Crippen molar-refractivity contribution in [1.29, 1.82) is 0 Å². The number of nitrogens with zero attached hydrogens (tertiary/aromatic N) is 1. The summed E-state index contributed by atoms with van der Waals surface area (Å²) < 4.78 is 11.9. The van der Waals surface area contributed by atoms with Crippen LogP contribution in [0, 0.1) is 0 Å². The van der Waals surface area contributed by atoms with Crippen LogP contribution in [0.25, 0.3) is 10.8 Å². The summed E-state index contributed by atoms with van der Waals surface area (Å²) in [5.74, 6) is -0.421. The predicted octanol–water partition coefficient (Wildman–Crippen LogP) is 5.33. The molecule has 5 nitrogen and oxygen atoms in total. The second kappa shape index (κ2) is 10.0. The average Bonchev–Trinajstić information content (AvgIpc) is 3.36. The summed E-state index contributed by atoms with van der Waals surface area (Å²) in [5.41, 5.74) is 2.66. The van der Waals surface area contributed by atoms with Crippen LogP contribution in [0.3, 0.4) is 0 Å². The quantitative estimate of drug-likeness (QED) is 0.376. The number of aromatic amines is 1. The van der Waals surface area contributed by atoms with Gasteiger partial charge in [0, 0.05) is 0 Å². The first-order chi connectivity index (χ1) is 15.2. The molecule has 4 rings (SSSR count). The Morgan fingerprint density at radius 3 is 2.58 bits per heavy atom. The van der Waals surface area contributed by atoms with Crippen LogP contribution in [0.15, 0.2) is 85.3 Å². The van der Waals surface area contributed by atoms with Gasteiger partial charge in [-0.3, -0.25) is 0 Å². The summed E-state index contributed by atoms with van der Waals surface area (Å²) in [6, 6.07) is 24.6. The highest BCUT2D eigenvalue weighted by Crippen LogP contribution is 2.22. The van der Waals surface area contributed by atoms with Crippen LogP contribution < -0.4 is 0 Å². The monoisotopic (exact) mass is 414 g/mol. The number of aryl methyl sites for hydroxylation is 1. The number of ether oxygens (including phenoxy) is 2. The lowest BCUT2D eigenvalue weighted by molar-refractivity contribution is -0.0538. The Morgan fingerprint density at radius 2 is 1.77 bits per heavy atom. The number of carbonyl (C=O) groups is 1. The molecule has 0 amide bonds. The zero-order valence-electron chi connectivity index (χ0n) is 17.5.